The zero-order valence-electron chi connectivity index (χ0n) is 12.3. The molecule has 0 amide bonds. The summed E-state index contributed by atoms with van der Waals surface area (Å²) in [7, 11) is 0. The van der Waals surface area contributed by atoms with Gasteiger partial charge >= 0.3 is 0 Å². The number of ketones is 1. The third-order valence-electron chi connectivity index (χ3n) is 4.32. The first-order valence-corrected chi connectivity index (χ1v) is 7.86. The van der Waals surface area contributed by atoms with Crippen molar-refractivity contribution in [3.63, 3.8) is 0 Å². The van der Waals surface area contributed by atoms with Crippen LogP contribution < -0.4 is 0 Å². The minimum absolute atomic E-state index is 0.180. The Morgan fingerprint density at radius 1 is 1.35 bits per heavy atom. The predicted octanol–water partition coefficient (Wildman–Crippen LogP) is 4.44. The average Bonchev–Trinajstić information content (AvgIpc) is 2.44. The number of hydrogen-bond acceptors (Lipinski definition) is 2. The molecule has 110 valence electrons. The molecule has 2 rings (SSSR count). The summed E-state index contributed by atoms with van der Waals surface area (Å²) in [5.74, 6) is 0.871. The van der Waals surface area contributed by atoms with Gasteiger partial charge in [-0.2, -0.15) is 0 Å². The van der Waals surface area contributed by atoms with Crippen molar-refractivity contribution >= 4 is 17.4 Å². The lowest BCUT2D eigenvalue weighted by molar-refractivity contribution is -0.149. The Morgan fingerprint density at radius 3 is 2.60 bits per heavy atom. The molecule has 1 aromatic carbocycles. The predicted molar refractivity (Wildman–Crippen MR) is 82.2 cm³/mol. The van der Waals surface area contributed by atoms with E-state index in [1.165, 1.54) is 0 Å². The van der Waals surface area contributed by atoms with Crippen LogP contribution in [0.15, 0.2) is 24.3 Å². The maximum absolute atomic E-state index is 12.8. The molecule has 20 heavy (non-hydrogen) atoms. The van der Waals surface area contributed by atoms with Gasteiger partial charge in [0, 0.05) is 18.1 Å². The van der Waals surface area contributed by atoms with Gasteiger partial charge in [0.1, 0.15) is 5.60 Å². The highest BCUT2D eigenvalue weighted by atomic mass is 35.5. The molecule has 0 atom stereocenters. The Balaban J connectivity index is 2.13. The van der Waals surface area contributed by atoms with E-state index in [1.54, 1.807) is 0 Å². The molecule has 0 aromatic heterocycles. The van der Waals surface area contributed by atoms with Gasteiger partial charge in [0.25, 0.3) is 0 Å². The molecule has 1 aliphatic carbocycles. The number of ether oxygens (including phenoxy) is 1. The van der Waals surface area contributed by atoms with Crippen molar-refractivity contribution in [3.8, 4) is 0 Å². The Kier molecular flexibility index (Phi) is 5.22. The van der Waals surface area contributed by atoms with Gasteiger partial charge in [-0.15, -0.1) is 0 Å². The number of hydrogen-bond donors (Lipinski definition) is 0. The molecule has 0 aliphatic heterocycles. The van der Waals surface area contributed by atoms with E-state index in [9.17, 15) is 4.79 Å². The first-order chi connectivity index (χ1) is 9.57. The molecule has 0 spiro atoms. The van der Waals surface area contributed by atoms with Gasteiger partial charge < -0.3 is 4.74 Å². The molecule has 2 nitrogen and oxygen atoms in total. The second kappa shape index (κ2) is 6.73. The Bertz CT molecular complexity index is 462. The summed E-state index contributed by atoms with van der Waals surface area (Å²) in [4.78, 5) is 12.8. The quantitative estimate of drug-likeness (QED) is 0.802. The molecule has 0 radical (unpaired) electrons. The van der Waals surface area contributed by atoms with Crippen molar-refractivity contribution in [2.24, 2.45) is 5.92 Å². The second-order valence-corrected chi connectivity index (χ2v) is 6.21. The molecule has 0 saturated heterocycles. The molecule has 0 heterocycles. The van der Waals surface area contributed by atoms with Crippen molar-refractivity contribution < 1.29 is 9.53 Å². The number of Topliss-reactive ketones (excluding diaryl/α,β-unsaturated/α-hetero) is 1. The van der Waals surface area contributed by atoms with Gasteiger partial charge in [-0.3, -0.25) is 4.79 Å². The number of halogens is 1. The largest absolute Gasteiger partial charge is 0.367 e. The van der Waals surface area contributed by atoms with E-state index in [0.717, 1.165) is 31.2 Å². The lowest BCUT2D eigenvalue weighted by Gasteiger charge is -2.38. The normalized spacial score (nSPS) is 26.4. The van der Waals surface area contributed by atoms with Gasteiger partial charge in [0.2, 0.25) is 0 Å². The summed E-state index contributed by atoms with van der Waals surface area (Å²) in [6.45, 7) is 4.79. The van der Waals surface area contributed by atoms with E-state index in [0.29, 0.717) is 24.0 Å². The fraction of sp³-hybridized carbons (Fsp3) is 0.588. The lowest BCUT2D eigenvalue weighted by atomic mass is 9.76. The molecular weight excluding hydrogens is 272 g/mol. The average molecular weight is 295 g/mol. The summed E-state index contributed by atoms with van der Waals surface area (Å²) in [6, 6.07) is 7.56. The molecule has 0 N–H and O–H groups in total. The molecule has 1 fully saturated rings. The maximum Gasteiger partial charge on any atom is 0.169 e. The Labute approximate surface area is 126 Å². The molecular formula is C17H23ClO2. The fourth-order valence-corrected chi connectivity index (χ4v) is 3.19. The van der Waals surface area contributed by atoms with Crippen molar-refractivity contribution in [3.05, 3.63) is 34.9 Å². The fourth-order valence-electron chi connectivity index (χ4n) is 2.98. The standard InChI is InChI=1S/C17H23ClO2/c1-3-20-17(10-8-13(2)9-11-17)16(19)12-14-6-4-5-7-15(14)18/h4-7,13H,3,8-12H2,1-2H3. The highest BCUT2D eigenvalue weighted by molar-refractivity contribution is 6.31. The highest BCUT2D eigenvalue weighted by Gasteiger charge is 2.41. The van der Waals surface area contributed by atoms with Crippen LogP contribution in [0.1, 0.15) is 45.1 Å². The molecule has 1 aliphatic rings. The monoisotopic (exact) mass is 294 g/mol. The first kappa shape index (κ1) is 15.5. The highest BCUT2D eigenvalue weighted by Crippen LogP contribution is 2.36. The third-order valence-corrected chi connectivity index (χ3v) is 4.69. The van der Waals surface area contributed by atoms with Gasteiger partial charge in [0.05, 0.1) is 0 Å². The number of rotatable bonds is 5. The van der Waals surface area contributed by atoms with Crippen LogP contribution in [0.4, 0.5) is 0 Å². The summed E-state index contributed by atoms with van der Waals surface area (Å²) in [6.07, 6.45) is 4.17. The molecule has 0 bridgehead atoms. The van der Waals surface area contributed by atoms with Crippen LogP contribution in [0.3, 0.4) is 0 Å². The van der Waals surface area contributed by atoms with E-state index in [4.69, 9.17) is 16.3 Å². The molecule has 3 heteroatoms. The van der Waals surface area contributed by atoms with Gasteiger partial charge in [-0.1, -0.05) is 36.7 Å². The number of benzene rings is 1. The van der Waals surface area contributed by atoms with Crippen molar-refractivity contribution in [1.29, 1.82) is 0 Å². The van der Waals surface area contributed by atoms with Crippen LogP contribution in [0.5, 0.6) is 0 Å². The molecule has 1 saturated carbocycles. The topological polar surface area (TPSA) is 26.3 Å². The maximum atomic E-state index is 12.8. The Morgan fingerprint density at radius 2 is 2.00 bits per heavy atom. The summed E-state index contributed by atoms with van der Waals surface area (Å²) in [5.41, 5.74) is 0.317. The van der Waals surface area contributed by atoms with E-state index in [2.05, 4.69) is 6.92 Å². The third kappa shape index (κ3) is 3.42. The molecule has 0 unspecified atom stereocenters. The van der Waals surface area contributed by atoms with E-state index in [-0.39, 0.29) is 5.78 Å². The second-order valence-electron chi connectivity index (χ2n) is 5.80. The lowest BCUT2D eigenvalue weighted by Crippen LogP contribution is -2.45. The first-order valence-electron chi connectivity index (χ1n) is 7.48. The van der Waals surface area contributed by atoms with Gasteiger partial charge in [0.15, 0.2) is 5.78 Å². The van der Waals surface area contributed by atoms with Crippen LogP contribution >= 0.6 is 11.6 Å². The van der Waals surface area contributed by atoms with Crippen molar-refractivity contribution in [2.75, 3.05) is 6.61 Å². The van der Waals surface area contributed by atoms with E-state index < -0.39 is 5.60 Å². The van der Waals surface area contributed by atoms with Gasteiger partial charge in [-0.05, 0) is 50.2 Å². The van der Waals surface area contributed by atoms with E-state index >= 15 is 0 Å². The molecule has 1 aromatic rings. The van der Waals surface area contributed by atoms with Gasteiger partial charge in [-0.25, -0.2) is 0 Å². The van der Waals surface area contributed by atoms with Crippen molar-refractivity contribution in [1.82, 2.24) is 0 Å². The van der Waals surface area contributed by atoms with Crippen LogP contribution in [0.25, 0.3) is 0 Å². The minimum atomic E-state index is -0.583. The number of carbonyl (C=O) groups is 1. The SMILES string of the molecule is CCOC1(C(=O)Cc2ccccc2Cl)CCC(C)CC1. The van der Waals surface area contributed by atoms with Crippen molar-refractivity contribution in [2.45, 2.75) is 51.6 Å². The minimum Gasteiger partial charge on any atom is -0.367 e. The van der Waals surface area contributed by atoms with Crippen LogP contribution in [-0.2, 0) is 16.0 Å². The van der Waals surface area contributed by atoms with Crippen LogP contribution in [-0.4, -0.2) is 18.0 Å². The summed E-state index contributed by atoms with van der Waals surface area (Å²) < 4.78 is 5.90. The smallest absolute Gasteiger partial charge is 0.169 e. The van der Waals surface area contributed by atoms with Crippen LogP contribution in [0.2, 0.25) is 5.02 Å². The Hall–Kier alpha value is -0.860. The zero-order chi connectivity index (χ0) is 14.6. The van der Waals surface area contributed by atoms with E-state index in [1.807, 2.05) is 31.2 Å². The van der Waals surface area contributed by atoms with Crippen LogP contribution in [0, 0.1) is 5.92 Å². The zero-order valence-corrected chi connectivity index (χ0v) is 13.1. The summed E-state index contributed by atoms with van der Waals surface area (Å²) in [5, 5.41) is 0.664. The number of carbonyl (C=O) groups excluding carboxylic acids is 1. The summed E-state index contributed by atoms with van der Waals surface area (Å²) >= 11 is 6.16.